The van der Waals surface area contributed by atoms with Crippen LogP contribution in [0.4, 0.5) is 0 Å². The van der Waals surface area contributed by atoms with Crippen LogP contribution in [0, 0.1) is 6.92 Å². The maximum Gasteiger partial charge on any atom is 0.0457 e. The van der Waals surface area contributed by atoms with Gasteiger partial charge in [0.05, 0.1) is 0 Å². The predicted octanol–water partition coefficient (Wildman–Crippen LogP) is 5.68. The molecule has 0 fully saturated rings. The number of rotatable bonds is 4. The molecule has 3 aromatic rings. The molecule has 3 rings (SSSR count). The van der Waals surface area contributed by atoms with Gasteiger partial charge in [0, 0.05) is 17.5 Å². The zero-order valence-corrected chi connectivity index (χ0v) is 13.2. The highest BCUT2D eigenvalue weighted by molar-refractivity contribution is 5.86. The van der Waals surface area contributed by atoms with Crippen molar-refractivity contribution >= 4 is 0 Å². The average Bonchev–Trinajstić information content (AvgIpc) is 2.58. The number of nitrogens with zero attached hydrogens (tertiary/aromatic N) is 1. The first kappa shape index (κ1) is 14.5. The van der Waals surface area contributed by atoms with E-state index in [0.29, 0.717) is 0 Å². The Hall–Kier alpha value is -2.41. The monoisotopic (exact) mass is 287 g/mol. The van der Waals surface area contributed by atoms with Crippen LogP contribution in [0.1, 0.15) is 24.6 Å². The molecule has 1 aromatic heterocycles. The van der Waals surface area contributed by atoms with E-state index in [0.717, 1.165) is 18.5 Å². The molecule has 0 saturated heterocycles. The Morgan fingerprint density at radius 3 is 1.86 bits per heavy atom. The molecule has 0 aliphatic rings. The molecule has 0 unspecified atom stereocenters. The molecular weight excluding hydrogens is 266 g/mol. The molecule has 0 saturated carbocycles. The number of hydrogen-bond donors (Lipinski definition) is 0. The van der Waals surface area contributed by atoms with Crippen LogP contribution < -0.4 is 0 Å². The van der Waals surface area contributed by atoms with E-state index in [-0.39, 0.29) is 0 Å². The van der Waals surface area contributed by atoms with Gasteiger partial charge >= 0.3 is 0 Å². The molecule has 0 radical (unpaired) electrons. The van der Waals surface area contributed by atoms with E-state index in [9.17, 15) is 0 Å². The first-order chi connectivity index (χ1) is 10.8. The van der Waals surface area contributed by atoms with Crippen molar-refractivity contribution in [3.8, 4) is 22.3 Å². The standard InChI is InChI=1S/C21H21N/c1-3-10-19-15-22-16(2)20(17-11-6-4-7-12-17)21(19)18-13-8-5-9-14-18/h4-9,11-15H,3,10H2,1-2H3. The van der Waals surface area contributed by atoms with E-state index < -0.39 is 0 Å². The van der Waals surface area contributed by atoms with Gasteiger partial charge in [-0.2, -0.15) is 0 Å². The van der Waals surface area contributed by atoms with Crippen molar-refractivity contribution in [3.05, 3.63) is 78.1 Å². The van der Waals surface area contributed by atoms with E-state index in [2.05, 4.69) is 79.5 Å². The number of hydrogen-bond acceptors (Lipinski definition) is 1. The van der Waals surface area contributed by atoms with Crippen molar-refractivity contribution in [2.75, 3.05) is 0 Å². The molecule has 0 aliphatic heterocycles. The van der Waals surface area contributed by atoms with Crippen molar-refractivity contribution in [1.82, 2.24) is 4.98 Å². The number of pyridine rings is 1. The topological polar surface area (TPSA) is 12.9 Å². The second-order valence-electron chi connectivity index (χ2n) is 5.60. The van der Waals surface area contributed by atoms with Crippen molar-refractivity contribution in [3.63, 3.8) is 0 Å². The second-order valence-corrected chi connectivity index (χ2v) is 5.60. The van der Waals surface area contributed by atoms with Crippen LogP contribution in [0.2, 0.25) is 0 Å². The molecule has 0 aliphatic carbocycles. The van der Waals surface area contributed by atoms with Crippen LogP contribution in [0.25, 0.3) is 22.3 Å². The summed E-state index contributed by atoms with van der Waals surface area (Å²) in [6.45, 7) is 4.32. The summed E-state index contributed by atoms with van der Waals surface area (Å²) in [5, 5.41) is 0. The van der Waals surface area contributed by atoms with Crippen LogP contribution in [-0.4, -0.2) is 4.98 Å². The molecule has 1 heterocycles. The predicted molar refractivity (Wildman–Crippen MR) is 93.8 cm³/mol. The zero-order chi connectivity index (χ0) is 15.4. The van der Waals surface area contributed by atoms with Gasteiger partial charge in [0.25, 0.3) is 0 Å². The Kier molecular flexibility index (Phi) is 4.34. The van der Waals surface area contributed by atoms with Gasteiger partial charge in [0.2, 0.25) is 0 Å². The van der Waals surface area contributed by atoms with Crippen molar-refractivity contribution in [2.24, 2.45) is 0 Å². The van der Waals surface area contributed by atoms with Crippen LogP contribution >= 0.6 is 0 Å². The van der Waals surface area contributed by atoms with Crippen molar-refractivity contribution in [1.29, 1.82) is 0 Å². The molecule has 110 valence electrons. The third-order valence-corrected chi connectivity index (χ3v) is 3.99. The molecule has 0 N–H and O–H groups in total. The smallest absolute Gasteiger partial charge is 0.0457 e. The van der Waals surface area contributed by atoms with E-state index in [1.807, 2.05) is 6.20 Å². The third-order valence-electron chi connectivity index (χ3n) is 3.99. The minimum Gasteiger partial charge on any atom is -0.261 e. The fourth-order valence-electron chi connectivity index (χ4n) is 3.00. The van der Waals surface area contributed by atoms with Gasteiger partial charge in [-0.1, -0.05) is 74.0 Å². The zero-order valence-electron chi connectivity index (χ0n) is 13.2. The molecule has 0 atom stereocenters. The summed E-state index contributed by atoms with van der Waals surface area (Å²) in [6.07, 6.45) is 4.23. The highest BCUT2D eigenvalue weighted by atomic mass is 14.7. The van der Waals surface area contributed by atoms with Crippen LogP contribution in [0.15, 0.2) is 66.9 Å². The van der Waals surface area contributed by atoms with Crippen LogP contribution in [-0.2, 0) is 6.42 Å². The van der Waals surface area contributed by atoms with Gasteiger partial charge in [-0.05, 0) is 35.6 Å². The molecule has 0 spiro atoms. The third kappa shape index (κ3) is 2.80. The first-order valence-corrected chi connectivity index (χ1v) is 7.90. The lowest BCUT2D eigenvalue weighted by molar-refractivity contribution is 0.913. The number of aryl methyl sites for hydroxylation is 2. The highest BCUT2D eigenvalue weighted by Gasteiger charge is 2.15. The molecule has 2 aromatic carbocycles. The van der Waals surface area contributed by atoms with Gasteiger partial charge in [0.15, 0.2) is 0 Å². The summed E-state index contributed by atoms with van der Waals surface area (Å²) in [5.74, 6) is 0. The van der Waals surface area contributed by atoms with Gasteiger partial charge in [-0.15, -0.1) is 0 Å². The van der Waals surface area contributed by atoms with E-state index >= 15 is 0 Å². The molecule has 1 heteroatoms. The van der Waals surface area contributed by atoms with E-state index in [1.165, 1.54) is 27.8 Å². The summed E-state index contributed by atoms with van der Waals surface area (Å²) in [6, 6.07) is 21.3. The summed E-state index contributed by atoms with van der Waals surface area (Å²) in [5.41, 5.74) is 7.53. The van der Waals surface area contributed by atoms with E-state index in [1.54, 1.807) is 0 Å². The second kappa shape index (κ2) is 6.57. The van der Waals surface area contributed by atoms with E-state index in [4.69, 9.17) is 0 Å². The normalized spacial score (nSPS) is 10.6. The van der Waals surface area contributed by atoms with Crippen LogP contribution in [0.3, 0.4) is 0 Å². The molecular formula is C21H21N. The van der Waals surface area contributed by atoms with Gasteiger partial charge < -0.3 is 0 Å². The van der Waals surface area contributed by atoms with Crippen molar-refractivity contribution in [2.45, 2.75) is 26.7 Å². The summed E-state index contributed by atoms with van der Waals surface area (Å²) < 4.78 is 0. The van der Waals surface area contributed by atoms with Gasteiger partial charge in [-0.3, -0.25) is 4.98 Å². The Morgan fingerprint density at radius 2 is 1.32 bits per heavy atom. The minimum atomic E-state index is 1.05. The molecule has 1 nitrogen and oxygen atoms in total. The van der Waals surface area contributed by atoms with Crippen LogP contribution in [0.5, 0.6) is 0 Å². The molecule has 0 bridgehead atoms. The largest absolute Gasteiger partial charge is 0.261 e. The quantitative estimate of drug-likeness (QED) is 0.602. The average molecular weight is 287 g/mol. The Bertz CT molecular complexity index is 746. The van der Waals surface area contributed by atoms with Crippen molar-refractivity contribution < 1.29 is 0 Å². The SMILES string of the molecule is CCCc1cnc(C)c(-c2ccccc2)c1-c1ccccc1. The summed E-state index contributed by atoms with van der Waals surface area (Å²) in [4.78, 5) is 4.66. The maximum absolute atomic E-state index is 4.66. The summed E-state index contributed by atoms with van der Waals surface area (Å²) in [7, 11) is 0. The Morgan fingerprint density at radius 1 is 0.773 bits per heavy atom. The fraction of sp³-hybridized carbons (Fsp3) is 0.190. The Labute approximate surface area is 132 Å². The minimum absolute atomic E-state index is 1.05. The highest BCUT2D eigenvalue weighted by Crippen LogP contribution is 2.36. The Balaban J connectivity index is 2.30. The van der Waals surface area contributed by atoms with Gasteiger partial charge in [-0.25, -0.2) is 0 Å². The van der Waals surface area contributed by atoms with Gasteiger partial charge in [0.1, 0.15) is 0 Å². The fourth-order valence-corrected chi connectivity index (χ4v) is 3.00. The number of benzene rings is 2. The lowest BCUT2D eigenvalue weighted by Gasteiger charge is -2.17. The molecule has 22 heavy (non-hydrogen) atoms. The lowest BCUT2D eigenvalue weighted by atomic mass is 9.89. The summed E-state index contributed by atoms with van der Waals surface area (Å²) >= 11 is 0. The maximum atomic E-state index is 4.66. The first-order valence-electron chi connectivity index (χ1n) is 7.90. The molecule has 0 amide bonds. The number of aromatic nitrogens is 1. The lowest BCUT2D eigenvalue weighted by Crippen LogP contribution is -1.98.